The quantitative estimate of drug-likeness (QED) is 0.148. The van der Waals surface area contributed by atoms with E-state index in [1.165, 1.54) is 77.5 Å². The Labute approximate surface area is 373 Å². The Kier molecular flexibility index (Phi) is 9.08. The van der Waals surface area contributed by atoms with E-state index < -0.39 is 5.41 Å². The number of hydrogen-bond acceptors (Lipinski definition) is 1. The van der Waals surface area contributed by atoms with Crippen LogP contribution < -0.4 is 4.90 Å². The molecule has 0 N–H and O–H groups in total. The molecule has 2 aliphatic carbocycles. The molecule has 0 unspecified atom stereocenters. The molecule has 10 aromatic rings. The van der Waals surface area contributed by atoms with Crippen LogP contribution in [-0.4, -0.2) is 4.57 Å². The number of anilines is 3. The number of halogens is 1. The van der Waals surface area contributed by atoms with Gasteiger partial charge in [0, 0.05) is 33.5 Å². The van der Waals surface area contributed by atoms with E-state index in [2.05, 4.69) is 222 Å². The molecular weight excluding hydrogens is 780 g/mol. The minimum Gasteiger partial charge on any atom is -0.310 e. The third-order valence-electron chi connectivity index (χ3n) is 13.4. The first kappa shape index (κ1) is 37.7. The van der Waals surface area contributed by atoms with Crippen LogP contribution in [0.5, 0.6) is 0 Å². The third kappa shape index (κ3) is 6.07. The largest absolute Gasteiger partial charge is 0.310 e. The molecule has 0 bridgehead atoms. The van der Waals surface area contributed by atoms with Crippen molar-refractivity contribution in [3.63, 3.8) is 0 Å². The summed E-state index contributed by atoms with van der Waals surface area (Å²) in [5, 5.41) is 2.49. The highest BCUT2D eigenvalue weighted by atomic mass is 19.1. The van der Waals surface area contributed by atoms with Gasteiger partial charge in [0.15, 0.2) is 0 Å². The number of para-hydroxylation sites is 2. The summed E-state index contributed by atoms with van der Waals surface area (Å²) in [4.78, 5) is 2.28. The Bertz CT molecular complexity index is 3390. The summed E-state index contributed by atoms with van der Waals surface area (Å²) in [7, 11) is 0. The lowest BCUT2D eigenvalue weighted by Crippen LogP contribution is -2.28. The van der Waals surface area contributed by atoms with Crippen LogP contribution in [0.1, 0.15) is 46.2 Å². The van der Waals surface area contributed by atoms with E-state index in [1.54, 1.807) is 12.1 Å². The maximum atomic E-state index is 14.7. The van der Waals surface area contributed by atoms with Crippen LogP contribution in [0.15, 0.2) is 237 Å². The van der Waals surface area contributed by atoms with Gasteiger partial charge in [-0.1, -0.05) is 158 Å². The van der Waals surface area contributed by atoms with Gasteiger partial charge >= 0.3 is 0 Å². The number of benzene rings is 9. The van der Waals surface area contributed by atoms with Crippen LogP contribution in [0.4, 0.5) is 21.5 Å². The van der Waals surface area contributed by atoms with Crippen LogP contribution >= 0.6 is 0 Å². The minimum absolute atomic E-state index is 0.261. The second-order valence-electron chi connectivity index (χ2n) is 16.9. The first-order chi connectivity index (χ1) is 31.6. The maximum absolute atomic E-state index is 14.7. The highest BCUT2D eigenvalue weighted by molar-refractivity contribution is 6.10. The van der Waals surface area contributed by atoms with Crippen LogP contribution in [0.3, 0.4) is 0 Å². The fraction of sp³-hybridized carbons (Fsp3) is 0.0492. The first-order valence-corrected chi connectivity index (χ1v) is 22.2. The molecule has 304 valence electrons. The van der Waals surface area contributed by atoms with Gasteiger partial charge in [0.25, 0.3) is 0 Å². The van der Waals surface area contributed by atoms with Crippen LogP contribution in [0.2, 0.25) is 0 Å². The van der Waals surface area contributed by atoms with Crippen molar-refractivity contribution in [2.75, 3.05) is 4.90 Å². The number of nitrogens with zero attached hydrogens (tertiary/aromatic N) is 2. The zero-order chi connectivity index (χ0) is 42.6. The van der Waals surface area contributed by atoms with Crippen LogP contribution in [0.25, 0.3) is 49.8 Å². The molecule has 0 saturated carbocycles. The Hall–Kier alpha value is -8.01. The van der Waals surface area contributed by atoms with E-state index in [0.717, 1.165) is 35.6 Å². The lowest BCUT2D eigenvalue weighted by atomic mass is 9.67. The second kappa shape index (κ2) is 15.4. The van der Waals surface area contributed by atoms with Crippen LogP contribution in [-0.2, 0) is 5.41 Å². The fourth-order valence-corrected chi connectivity index (χ4v) is 10.6. The average Bonchev–Trinajstić information content (AvgIpc) is 3.86. The van der Waals surface area contributed by atoms with Crippen molar-refractivity contribution in [3.8, 4) is 16.8 Å². The minimum atomic E-state index is -0.546. The Balaban J connectivity index is 0.975. The van der Waals surface area contributed by atoms with Gasteiger partial charge in [-0.15, -0.1) is 0 Å². The van der Waals surface area contributed by atoms with Gasteiger partial charge in [-0.25, -0.2) is 4.39 Å². The van der Waals surface area contributed by atoms with E-state index in [4.69, 9.17) is 0 Å². The van der Waals surface area contributed by atoms with Gasteiger partial charge < -0.3 is 9.47 Å². The van der Waals surface area contributed by atoms with E-state index in [0.29, 0.717) is 0 Å². The number of hydrogen-bond donors (Lipinski definition) is 0. The molecular formula is C61H43FN2. The molecule has 64 heavy (non-hydrogen) atoms. The molecule has 1 aromatic heterocycles. The highest BCUT2D eigenvalue weighted by Gasteiger charge is 2.46. The van der Waals surface area contributed by atoms with Gasteiger partial charge in [0.1, 0.15) is 5.82 Å². The summed E-state index contributed by atoms with van der Waals surface area (Å²) in [5.74, 6) is -0.261. The Morgan fingerprint density at radius 2 is 1.09 bits per heavy atom. The zero-order valence-electron chi connectivity index (χ0n) is 35.2. The number of fused-ring (bicyclic) bond motifs is 6. The predicted molar refractivity (Wildman–Crippen MR) is 264 cm³/mol. The molecule has 0 atom stereocenters. The smallest absolute Gasteiger partial charge is 0.123 e. The molecule has 3 heteroatoms. The lowest BCUT2D eigenvalue weighted by Gasteiger charge is -2.35. The van der Waals surface area contributed by atoms with E-state index in [9.17, 15) is 4.39 Å². The summed E-state index contributed by atoms with van der Waals surface area (Å²) < 4.78 is 17.0. The summed E-state index contributed by atoms with van der Waals surface area (Å²) >= 11 is 0. The van der Waals surface area contributed by atoms with E-state index >= 15 is 0 Å². The molecule has 0 saturated heterocycles. The molecule has 1 heterocycles. The maximum Gasteiger partial charge on any atom is 0.123 e. The van der Waals surface area contributed by atoms with Crippen molar-refractivity contribution in [1.82, 2.24) is 4.57 Å². The Morgan fingerprint density at radius 3 is 1.88 bits per heavy atom. The monoisotopic (exact) mass is 822 g/mol. The normalized spacial score (nSPS) is 13.9. The summed E-state index contributed by atoms with van der Waals surface area (Å²) in [6.07, 6.45) is 6.64. The van der Waals surface area contributed by atoms with Crippen molar-refractivity contribution < 1.29 is 4.39 Å². The summed E-state index contributed by atoms with van der Waals surface area (Å²) in [6.45, 7) is 0. The summed E-state index contributed by atoms with van der Waals surface area (Å²) in [5.41, 5.74) is 18.2. The second-order valence-corrected chi connectivity index (χ2v) is 16.9. The van der Waals surface area contributed by atoms with E-state index in [-0.39, 0.29) is 5.82 Å². The van der Waals surface area contributed by atoms with E-state index in [1.807, 2.05) is 12.1 Å². The van der Waals surface area contributed by atoms with Crippen molar-refractivity contribution in [2.45, 2.75) is 18.3 Å². The van der Waals surface area contributed by atoms with Gasteiger partial charge in [-0.05, 0) is 147 Å². The molecule has 0 aliphatic heterocycles. The molecule has 0 fully saturated rings. The Morgan fingerprint density at radius 1 is 0.453 bits per heavy atom. The molecule has 9 aromatic carbocycles. The van der Waals surface area contributed by atoms with Gasteiger partial charge in [0.2, 0.25) is 0 Å². The van der Waals surface area contributed by atoms with Gasteiger partial charge in [-0.2, -0.15) is 0 Å². The number of aromatic nitrogens is 1. The van der Waals surface area contributed by atoms with Crippen molar-refractivity contribution in [3.05, 3.63) is 276 Å². The van der Waals surface area contributed by atoms with Crippen molar-refractivity contribution in [2.24, 2.45) is 0 Å². The van der Waals surface area contributed by atoms with Gasteiger partial charge in [-0.3, -0.25) is 0 Å². The van der Waals surface area contributed by atoms with Crippen molar-refractivity contribution in [1.29, 1.82) is 0 Å². The van der Waals surface area contributed by atoms with Crippen LogP contribution in [0, 0.1) is 5.82 Å². The van der Waals surface area contributed by atoms with Crippen molar-refractivity contribution >= 4 is 50.0 Å². The average molecular weight is 823 g/mol. The van der Waals surface area contributed by atoms with Gasteiger partial charge in [0.05, 0.1) is 16.4 Å². The first-order valence-electron chi connectivity index (χ1n) is 22.2. The SMILES string of the molecule is Fc1ccc(N(c2cccc(C3=CC(c4ccc5c(c4)c4ccccc4n5-c4ccccc4)=CCC3)c2)c2ccc3c(c2)C(c2ccccc2)(c2ccccc2)c2ccccc2-3)cc1. The number of rotatable bonds is 8. The zero-order valence-corrected chi connectivity index (χ0v) is 35.2. The topological polar surface area (TPSA) is 8.17 Å². The molecule has 0 amide bonds. The molecule has 2 nitrogen and oxygen atoms in total. The predicted octanol–water partition coefficient (Wildman–Crippen LogP) is 16.0. The molecule has 0 spiro atoms. The highest BCUT2D eigenvalue weighted by Crippen LogP contribution is 2.57. The molecule has 12 rings (SSSR count). The summed E-state index contributed by atoms with van der Waals surface area (Å²) in [6, 6.07) is 79.5. The number of allylic oxidation sites excluding steroid dienone is 4. The third-order valence-corrected chi connectivity index (χ3v) is 13.4. The molecule has 0 radical (unpaired) electrons. The molecule has 2 aliphatic rings. The lowest BCUT2D eigenvalue weighted by molar-refractivity contribution is 0.628. The fourth-order valence-electron chi connectivity index (χ4n) is 10.6. The standard InChI is InChI=1S/C61H43FN2/c62-48-31-33-50(34-32-48)63(52-35-36-54-53-26-10-12-28-57(53)61(58(54)41-52,46-19-4-1-5-20-46)47-21-6-2-7-22-47)51-25-15-18-44(39-51)42-16-14-17-43(38-42)45-30-37-60-56(40-45)55-27-11-13-29-59(55)64(60)49-23-8-3-9-24-49/h1-13,15,17-41H,14,16H2.